The number of fused-ring (bicyclic) bond motifs is 3. The lowest BCUT2D eigenvalue weighted by molar-refractivity contribution is -0.270. The van der Waals surface area contributed by atoms with Crippen molar-refractivity contribution in [1.82, 2.24) is 29.1 Å². The van der Waals surface area contributed by atoms with Gasteiger partial charge in [0.15, 0.2) is 73.6 Å². The van der Waals surface area contributed by atoms with Crippen molar-refractivity contribution in [2.24, 2.45) is 5.73 Å². The zero-order valence-corrected chi connectivity index (χ0v) is 78.5. The number of ketones is 2. The van der Waals surface area contributed by atoms with E-state index in [1.165, 1.54) is 60.7 Å². The SMILES string of the molecule is C.CC(C)(C)S(=O)N[C@]1(C)COc2c1cc([C@](O)(CCC(=O)c1ccc(OC3CC3)c(OCCO)c1)C(F)(F)F)nc2-c1ccc(F)cc1.CC(C)(C)S(=O)N[C@]1(C)COc2c1cc([C@](O)(CCC(=O)c1ccc(OC3CC3)c(OCCO)c1)C(F)(F)F)nc2Cl.CC(C)(C)S(=O)N[C@]1(C)COc2c1cc([C@](O)(CN)C(F)(F)F)nc2Cl.O=C(O)c1ccc(OC2CC2)c(OCCO)c1. The number of nitrogens with zero attached hydrogens (tertiary/aromatic N) is 3. The molecule has 6 aliphatic rings. The molecule has 4 aromatic carbocycles. The van der Waals surface area contributed by atoms with Crippen LogP contribution < -0.4 is 62.5 Å². The number of nitrogens with one attached hydrogen (secondary N) is 3. The van der Waals surface area contributed by atoms with Crippen molar-refractivity contribution >= 4 is 73.7 Å². The van der Waals surface area contributed by atoms with Crippen LogP contribution in [0.2, 0.25) is 10.3 Å². The van der Waals surface area contributed by atoms with E-state index in [0.717, 1.165) is 68.9 Å². The fourth-order valence-electron chi connectivity index (χ4n) is 13.1. The molecule has 740 valence electrons. The first kappa shape index (κ1) is 109. The van der Waals surface area contributed by atoms with Crippen molar-refractivity contribution in [1.29, 1.82) is 0 Å². The number of aliphatic hydroxyl groups is 6. The molecule has 3 aromatic heterocycles. The smallest absolute Gasteiger partial charge is 0.424 e. The third kappa shape index (κ3) is 26.0. The molecule has 3 unspecified atom stereocenters. The fourth-order valence-corrected chi connectivity index (χ4v) is 16.3. The van der Waals surface area contributed by atoms with Gasteiger partial charge in [0.1, 0.15) is 51.2 Å². The average Bonchev–Trinajstić information content (AvgIpc) is 1.56. The van der Waals surface area contributed by atoms with Crippen LogP contribution in [0.5, 0.6) is 51.7 Å². The largest absolute Gasteiger partial charge is 0.489 e. The Labute approximate surface area is 785 Å². The van der Waals surface area contributed by atoms with Gasteiger partial charge in [0.2, 0.25) is 16.8 Å². The summed E-state index contributed by atoms with van der Waals surface area (Å²) >= 11 is 12.2. The van der Waals surface area contributed by atoms with Crippen LogP contribution in [0.3, 0.4) is 0 Å². The fraction of sp³-hybridized carbons (Fsp3) is 0.533. The number of alkyl halides is 9. The van der Waals surface area contributed by atoms with Gasteiger partial charge in [-0.25, -0.2) is 50.9 Å². The summed E-state index contributed by atoms with van der Waals surface area (Å²) in [7, 11) is -4.82. The monoisotopic (exact) mass is 2000 g/mol. The second-order valence-corrected chi connectivity index (χ2v) is 42.6. The molecule has 0 spiro atoms. The minimum atomic E-state index is -5.29. The number of aliphatic hydroxyl groups excluding tert-OH is 3. The molecule has 29 nitrogen and oxygen atoms in total. The molecule has 7 aromatic rings. The van der Waals surface area contributed by atoms with E-state index in [2.05, 4.69) is 29.1 Å². The van der Waals surface area contributed by atoms with E-state index in [-0.39, 0.29) is 164 Å². The molecule has 3 aliphatic carbocycles. The Balaban J connectivity index is 0.000000213. The topological polar surface area (TPSA) is 428 Å². The molecule has 0 saturated heterocycles. The van der Waals surface area contributed by atoms with Crippen LogP contribution in [0.4, 0.5) is 43.9 Å². The van der Waals surface area contributed by atoms with Crippen LogP contribution in [-0.2, 0) is 66.4 Å². The number of nitrogens with two attached hydrogens (primary N) is 1. The Morgan fingerprint density at radius 3 is 1.06 bits per heavy atom. The number of aromatic carboxylic acids is 1. The number of rotatable bonds is 35. The molecule has 0 amide bonds. The summed E-state index contributed by atoms with van der Waals surface area (Å²) in [6.45, 7) is 18.4. The molecule has 6 heterocycles. The van der Waals surface area contributed by atoms with Gasteiger partial charge in [-0.05, 0) is 232 Å². The second-order valence-electron chi connectivity index (χ2n) is 36.0. The molecule has 13 rings (SSSR count). The maximum atomic E-state index is 14.9. The van der Waals surface area contributed by atoms with Crippen LogP contribution in [0.25, 0.3) is 11.3 Å². The number of aromatic nitrogens is 3. The summed E-state index contributed by atoms with van der Waals surface area (Å²) < 4.78 is 237. The van der Waals surface area contributed by atoms with Gasteiger partial charge in [-0.1, -0.05) is 30.6 Å². The molecule has 0 bridgehead atoms. The summed E-state index contributed by atoms with van der Waals surface area (Å²) in [4.78, 5) is 48.9. The summed E-state index contributed by atoms with van der Waals surface area (Å²) in [5.41, 5.74) is -10.4. The van der Waals surface area contributed by atoms with Gasteiger partial charge >= 0.3 is 24.5 Å². The number of carboxylic acid groups (broad SMARTS) is 1. The third-order valence-electron chi connectivity index (χ3n) is 21.5. The maximum absolute atomic E-state index is 14.9. The number of benzene rings is 4. The van der Waals surface area contributed by atoms with E-state index in [4.69, 9.17) is 86.9 Å². The Bertz CT molecular complexity index is 5450. The molecule has 134 heavy (non-hydrogen) atoms. The van der Waals surface area contributed by atoms with Gasteiger partial charge in [0, 0.05) is 52.8 Å². The first-order valence-electron chi connectivity index (χ1n) is 42.0. The first-order valence-corrected chi connectivity index (χ1v) is 46.2. The molecular formula is C90H111Cl2F10N7O22S3. The Hall–Kier alpha value is -8.73. The van der Waals surface area contributed by atoms with Crippen molar-refractivity contribution < 1.29 is 149 Å². The number of ether oxygens (including phenoxy) is 9. The molecular weight excluding hydrogens is 1890 g/mol. The number of carbonyl (C=O) groups excluding carboxylic acids is 2. The van der Waals surface area contributed by atoms with E-state index in [1.54, 1.807) is 89.2 Å². The average molecular weight is 2000 g/mol. The minimum Gasteiger partial charge on any atom is -0.489 e. The number of pyridine rings is 3. The van der Waals surface area contributed by atoms with Crippen molar-refractivity contribution in [2.75, 3.05) is 66.0 Å². The highest BCUT2D eigenvalue weighted by molar-refractivity contribution is 7.85. The predicted octanol–water partition coefficient (Wildman–Crippen LogP) is 14.6. The minimum absolute atomic E-state index is 0. The van der Waals surface area contributed by atoms with Crippen molar-refractivity contribution in [3.05, 3.63) is 164 Å². The van der Waals surface area contributed by atoms with Gasteiger partial charge in [-0.15, -0.1) is 0 Å². The molecule has 3 saturated carbocycles. The molecule has 0 radical (unpaired) electrons. The Morgan fingerprint density at radius 1 is 0.463 bits per heavy atom. The Morgan fingerprint density at radius 2 is 0.761 bits per heavy atom. The number of Topliss-reactive ketones (excluding diaryl/α,β-unsaturated/α-hetero) is 2. The van der Waals surface area contributed by atoms with Gasteiger partial charge < -0.3 is 84.1 Å². The quantitative estimate of drug-likeness (QED) is 0.00998. The predicted molar refractivity (Wildman–Crippen MR) is 478 cm³/mol. The number of hydrogen-bond acceptors (Lipinski definition) is 25. The summed E-state index contributed by atoms with van der Waals surface area (Å²) in [6.07, 6.45) is -13.4. The lowest BCUT2D eigenvalue weighted by atomic mass is 9.86. The van der Waals surface area contributed by atoms with Crippen molar-refractivity contribution in [3.8, 4) is 63.0 Å². The van der Waals surface area contributed by atoms with Gasteiger partial charge in [-0.2, -0.15) is 39.5 Å². The maximum Gasteiger partial charge on any atom is 0.424 e. The number of carboxylic acids is 1. The summed E-state index contributed by atoms with van der Waals surface area (Å²) in [6, 6.07) is 21.0. The van der Waals surface area contributed by atoms with Crippen molar-refractivity contribution in [2.45, 2.75) is 239 Å². The van der Waals surface area contributed by atoms with E-state index in [9.17, 15) is 91.3 Å². The van der Waals surface area contributed by atoms with Gasteiger partial charge in [0.05, 0.1) is 125 Å². The van der Waals surface area contributed by atoms with Crippen molar-refractivity contribution in [3.63, 3.8) is 0 Å². The van der Waals surface area contributed by atoms with E-state index >= 15 is 0 Å². The molecule has 3 fully saturated rings. The molecule has 12 N–H and O–H groups in total. The lowest BCUT2D eigenvalue weighted by Gasteiger charge is -2.32. The number of hydrogen-bond donors (Lipinski definition) is 11. The first-order chi connectivity index (χ1) is 61.8. The molecule has 44 heteroatoms. The zero-order chi connectivity index (χ0) is 98.5. The highest BCUT2D eigenvalue weighted by Gasteiger charge is 2.60. The lowest BCUT2D eigenvalue weighted by Crippen LogP contribution is -2.50. The summed E-state index contributed by atoms with van der Waals surface area (Å²) in [5, 5.41) is 67.8. The van der Waals surface area contributed by atoms with E-state index in [1.807, 2.05) is 0 Å². The van der Waals surface area contributed by atoms with Gasteiger partial charge in [-0.3, -0.25) is 9.59 Å². The Kier molecular flexibility index (Phi) is 34.7. The second kappa shape index (κ2) is 42.7. The van der Waals surface area contributed by atoms with E-state index < -0.39 is 177 Å². The highest BCUT2D eigenvalue weighted by Crippen LogP contribution is 2.53. The number of halogens is 12. The summed E-state index contributed by atoms with van der Waals surface area (Å²) in [5.74, 6) is -0.855. The van der Waals surface area contributed by atoms with Crippen LogP contribution >= 0.6 is 23.2 Å². The van der Waals surface area contributed by atoms with Crippen LogP contribution in [-0.4, -0.2) is 198 Å². The van der Waals surface area contributed by atoms with Crippen LogP contribution in [0, 0.1) is 5.82 Å². The van der Waals surface area contributed by atoms with Gasteiger partial charge in [0.25, 0.3) is 0 Å². The standard InChI is InChI=1S/C34H38F4N2O7S.C28H34ClF3N2O7S.C15H21ClF3N3O3S.C12H14O5.CH4/c1-31(2,3)48(44)40-32(4)19-46-30-24(32)18-28(39-29(30)20-5-8-22(35)9-6-20)33(43,34(36,37)38)14-13-25(42)21-7-12-26(47-23-10-11-23)27(17-21)45-16-15-41;1-25(2,3)42(38)34-26(4)15-40-23-18(26)14-22(33-24(23)29)27(37,28(30,31)32)10-9-19(36)16-5-8-20(41-17-6-7-17)21(13-16)39-12-11-35;1-12(2,3)26(24)22-13(4)7-25-10-8(13)5-9(21-11(10)16)14(23,6-20)15(17,18)19;13-5-6-16-11-7-8(12(14)15)1-4-10(11)17-9-2-3-9;/h5-9,12,17-18,23,40-41,43H,10-11,13-16,19H2,1-4H3;5,8,13-14,17,34-35,37H,6-7,9-12,15H2,1-4H3;5,22-23H,6-7,20H2,1-4H3;1,4,7,9,13H,2-3,5-6H2,(H,14,15);1H4/t32-,33-,48?;26-,27-,42?;13-,14-,26?;;/m111../s1. The van der Waals surface area contributed by atoms with Crippen LogP contribution in [0.15, 0.2) is 97.1 Å². The zero-order valence-electron chi connectivity index (χ0n) is 74.5. The van der Waals surface area contributed by atoms with E-state index in [0.29, 0.717) is 23.0 Å². The highest BCUT2D eigenvalue weighted by atomic mass is 35.5. The molecule has 3 aliphatic heterocycles. The number of carbonyl (C=O) groups is 3. The third-order valence-corrected chi connectivity index (χ3v) is 27.3. The molecule has 9 atom stereocenters. The normalized spacial score (nSPS) is 20.0. The van der Waals surface area contributed by atoms with Crippen LogP contribution in [0.1, 0.15) is 220 Å².